The summed E-state index contributed by atoms with van der Waals surface area (Å²) in [6, 6.07) is 0. The topological polar surface area (TPSA) is 50.4 Å². The fourth-order valence-electron chi connectivity index (χ4n) is 2.71. The number of nitrogens with one attached hydrogen (secondary N) is 1. The van der Waals surface area contributed by atoms with E-state index >= 15 is 0 Å². The molecular formula is C13H21N3. The second kappa shape index (κ2) is 5.19. The number of allylic oxidation sites excluding steroid dienone is 2. The van der Waals surface area contributed by atoms with E-state index < -0.39 is 0 Å². The van der Waals surface area contributed by atoms with Crippen molar-refractivity contribution in [2.24, 2.45) is 28.5 Å². The van der Waals surface area contributed by atoms with Crippen molar-refractivity contribution in [1.29, 1.82) is 0 Å². The Bertz CT molecular complexity index is 306. The van der Waals surface area contributed by atoms with Crippen molar-refractivity contribution in [1.82, 2.24) is 5.32 Å². The number of guanidine groups is 1. The Balaban J connectivity index is 1.82. The molecule has 3 heteroatoms. The minimum absolute atomic E-state index is 0.547. The van der Waals surface area contributed by atoms with Crippen molar-refractivity contribution in [3.8, 4) is 0 Å². The van der Waals surface area contributed by atoms with E-state index in [2.05, 4.69) is 29.0 Å². The molecule has 2 bridgehead atoms. The highest BCUT2D eigenvalue weighted by molar-refractivity contribution is 5.77. The van der Waals surface area contributed by atoms with Crippen LogP contribution in [-0.2, 0) is 0 Å². The van der Waals surface area contributed by atoms with Crippen LogP contribution in [0.5, 0.6) is 0 Å². The third-order valence-corrected chi connectivity index (χ3v) is 3.64. The van der Waals surface area contributed by atoms with Gasteiger partial charge in [-0.2, -0.15) is 0 Å². The van der Waals surface area contributed by atoms with Gasteiger partial charge in [0.05, 0.1) is 0 Å². The molecule has 0 aromatic carbocycles. The Morgan fingerprint density at radius 2 is 2.38 bits per heavy atom. The van der Waals surface area contributed by atoms with E-state index in [1.807, 2.05) is 0 Å². The van der Waals surface area contributed by atoms with Crippen LogP contribution in [-0.4, -0.2) is 19.0 Å². The Morgan fingerprint density at radius 1 is 1.50 bits per heavy atom. The van der Waals surface area contributed by atoms with Crippen molar-refractivity contribution in [3.05, 3.63) is 24.8 Å². The van der Waals surface area contributed by atoms with Crippen molar-refractivity contribution in [3.63, 3.8) is 0 Å². The van der Waals surface area contributed by atoms with Crippen molar-refractivity contribution < 1.29 is 0 Å². The highest BCUT2D eigenvalue weighted by Crippen LogP contribution is 2.40. The summed E-state index contributed by atoms with van der Waals surface area (Å²) in [6.07, 6.45) is 10.5. The van der Waals surface area contributed by atoms with E-state index in [0.29, 0.717) is 18.4 Å². The molecule has 0 aromatic rings. The number of fused-ring (bicyclic) bond motifs is 2. The number of hydrogen-bond acceptors (Lipinski definition) is 1. The van der Waals surface area contributed by atoms with Gasteiger partial charge in [0.15, 0.2) is 5.96 Å². The van der Waals surface area contributed by atoms with Crippen LogP contribution in [0.4, 0.5) is 0 Å². The van der Waals surface area contributed by atoms with Gasteiger partial charge in [0.1, 0.15) is 0 Å². The van der Waals surface area contributed by atoms with E-state index in [9.17, 15) is 0 Å². The summed E-state index contributed by atoms with van der Waals surface area (Å²) in [5, 5.41) is 3.01. The normalized spacial score (nSPS) is 32.8. The van der Waals surface area contributed by atoms with Gasteiger partial charge in [-0.1, -0.05) is 18.2 Å². The standard InChI is InChI=1S/C13H21N3/c1-2-7-15-13(14)16-9-12-8-10-3-5-11(12)6-4-10/h2-3,5,10-12H,1,4,6-9H2,(H3,14,15,16). The number of rotatable bonds is 4. The van der Waals surface area contributed by atoms with E-state index in [4.69, 9.17) is 5.73 Å². The van der Waals surface area contributed by atoms with Gasteiger partial charge in [0.25, 0.3) is 0 Å². The van der Waals surface area contributed by atoms with Gasteiger partial charge < -0.3 is 11.1 Å². The number of hydrogen-bond donors (Lipinski definition) is 2. The quantitative estimate of drug-likeness (QED) is 0.429. The summed E-state index contributed by atoms with van der Waals surface area (Å²) < 4.78 is 0. The average Bonchev–Trinajstić information content (AvgIpc) is 2.35. The maximum atomic E-state index is 5.75. The third kappa shape index (κ3) is 2.65. The monoisotopic (exact) mass is 219 g/mol. The average molecular weight is 219 g/mol. The fraction of sp³-hybridized carbons (Fsp3) is 0.615. The van der Waals surface area contributed by atoms with Gasteiger partial charge in [-0.25, -0.2) is 0 Å². The molecule has 0 radical (unpaired) electrons. The zero-order valence-corrected chi connectivity index (χ0v) is 9.73. The summed E-state index contributed by atoms with van der Waals surface area (Å²) in [4.78, 5) is 4.41. The van der Waals surface area contributed by atoms with Gasteiger partial charge in [-0.05, 0) is 37.0 Å². The molecule has 0 saturated heterocycles. The fourth-order valence-corrected chi connectivity index (χ4v) is 2.71. The van der Waals surface area contributed by atoms with Gasteiger partial charge >= 0.3 is 0 Å². The first-order chi connectivity index (χ1) is 7.79. The van der Waals surface area contributed by atoms with Crippen LogP contribution >= 0.6 is 0 Å². The van der Waals surface area contributed by atoms with Gasteiger partial charge in [-0.15, -0.1) is 6.58 Å². The zero-order valence-electron chi connectivity index (χ0n) is 9.73. The SMILES string of the molecule is C=CCNC(N)=NCC1CC2C=CC1CC2. The van der Waals surface area contributed by atoms with E-state index in [-0.39, 0.29) is 0 Å². The van der Waals surface area contributed by atoms with Crippen LogP contribution in [0.2, 0.25) is 0 Å². The Kier molecular flexibility index (Phi) is 3.65. The largest absolute Gasteiger partial charge is 0.370 e. The maximum absolute atomic E-state index is 5.75. The predicted octanol–water partition coefficient (Wildman–Crippen LogP) is 1.68. The third-order valence-electron chi connectivity index (χ3n) is 3.64. The zero-order chi connectivity index (χ0) is 11.4. The van der Waals surface area contributed by atoms with Crippen LogP contribution in [0.1, 0.15) is 19.3 Å². The Labute approximate surface area is 97.5 Å². The highest BCUT2D eigenvalue weighted by atomic mass is 15.1. The maximum Gasteiger partial charge on any atom is 0.188 e. The molecular weight excluding hydrogens is 198 g/mol. The van der Waals surface area contributed by atoms with E-state index in [1.54, 1.807) is 6.08 Å². The summed E-state index contributed by atoms with van der Waals surface area (Å²) in [7, 11) is 0. The molecule has 3 N–H and O–H groups in total. The molecule has 0 amide bonds. The molecule has 3 rings (SSSR count). The first kappa shape index (κ1) is 11.2. The van der Waals surface area contributed by atoms with Crippen molar-refractivity contribution in [2.45, 2.75) is 19.3 Å². The molecule has 0 heterocycles. The number of nitrogens with zero attached hydrogens (tertiary/aromatic N) is 1. The summed E-state index contributed by atoms with van der Waals surface area (Å²) in [5.41, 5.74) is 5.75. The lowest BCUT2D eigenvalue weighted by molar-refractivity contribution is 0.227. The number of nitrogens with two attached hydrogens (primary N) is 1. The molecule has 0 spiro atoms. The molecule has 1 fully saturated rings. The first-order valence-electron chi connectivity index (χ1n) is 6.12. The Morgan fingerprint density at radius 3 is 2.94 bits per heavy atom. The first-order valence-corrected chi connectivity index (χ1v) is 6.12. The molecule has 3 atom stereocenters. The predicted molar refractivity (Wildman–Crippen MR) is 68.2 cm³/mol. The second-order valence-corrected chi connectivity index (χ2v) is 4.78. The lowest BCUT2D eigenvalue weighted by atomic mass is 9.69. The minimum Gasteiger partial charge on any atom is -0.370 e. The molecule has 3 nitrogen and oxygen atoms in total. The van der Waals surface area contributed by atoms with Gasteiger partial charge in [-0.3, -0.25) is 4.99 Å². The van der Waals surface area contributed by atoms with E-state index in [1.165, 1.54) is 19.3 Å². The van der Waals surface area contributed by atoms with E-state index in [0.717, 1.165) is 18.4 Å². The van der Waals surface area contributed by atoms with Crippen molar-refractivity contribution >= 4 is 5.96 Å². The summed E-state index contributed by atoms with van der Waals surface area (Å²) >= 11 is 0. The van der Waals surface area contributed by atoms with Crippen LogP contribution in [0.15, 0.2) is 29.8 Å². The molecule has 88 valence electrons. The molecule has 1 saturated carbocycles. The van der Waals surface area contributed by atoms with Crippen LogP contribution in [0.3, 0.4) is 0 Å². The van der Waals surface area contributed by atoms with Crippen molar-refractivity contribution in [2.75, 3.05) is 13.1 Å². The lowest BCUT2D eigenvalue weighted by Gasteiger charge is -2.37. The molecule has 0 aliphatic heterocycles. The number of aliphatic imine (C=N–C) groups is 1. The van der Waals surface area contributed by atoms with Gasteiger partial charge in [0.2, 0.25) is 0 Å². The van der Waals surface area contributed by atoms with Crippen LogP contribution in [0, 0.1) is 17.8 Å². The lowest BCUT2D eigenvalue weighted by Crippen LogP contribution is -2.34. The molecule has 16 heavy (non-hydrogen) atoms. The molecule has 3 aliphatic rings. The minimum atomic E-state index is 0.547. The Hall–Kier alpha value is -1.25. The summed E-state index contributed by atoms with van der Waals surface area (Å²) in [6.45, 7) is 5.18. The second-order valence-electron chi connectivity index (χ2n) is 4.78. The molecule has 3 aliphatic carbocycles. The van der Waals surface area contributed by atoms with Crippen LogP contribution in [0.25, 0.3) is 0 Å². The molecule has 3 unspecified atom stereocenters. The van der Waals surface area contributed by atoms with Crippen LogP contribution < -0.4 is 11.1 Å². The smallest absolute Gasteiger partial charge is 0.188 e. The van der Waals surface area contributed by atoms with Gasteiger partial charge in [0, 0.05) is 13.1 Å². The highest BCUT2D eigenvalue weighted by Gasteiger charge is 2.31. The summed E-state index contributed by atoms with van der Waals surface area (Å²) in [5.74, 6) is 2.78. The molecule has 0 aromatic heterocycles.